The first-order valence-electron chi connectivity index (χ1n) is 4.38. The van der Waals surface area contributed by atoms with Crippen molar-refractivity contribution in [2.24, 2.45) is 0 Å². The lowest BCUT2D eigenvalue weighted by molar-refractivity contribution is 0.232. The van der Waals surface area contributed by atoms with E-state index in [9.17, 15) is 4.79 Å². The third kappa shape index (κ3) is 8.67. The third-order valence-corrected chi connectivity index (χ3v) is 1.24. The summed E-state index contributed by atoms with van der Waals surface area (Å²) < 4.78 is 0. The molecule has 2 amide bonds. The van der Waals surface area contributed by atoms with Gasteiger partial charge in [0.1, 0.15) is 0 Å². The van der Waals surface area contributed by atoms with Crippen LogP contribution in [0.3, 0.4) is 0 Å². The summed E-state index contributed by atoms with van der Waals surface area (Å²) in [4.78, 5) is 11.1. The minimum Gasteiger partial charge on any atom is -0.338 e. The molecule has 0 atom stereocenters. The minimum atomic E-state index is -0.209. The van der Waals surface area contributed by atoms with Crippen molar-refractivity contribution in [1.82, 2.24) is 10.6 Å². The average molecular weight is 183 g/mol. The van der Waals surface area contributed by atoms with Crippen LogP contribution < -0.4 is 10.6 Å². The maximum absolute atomic E-state index is 11.1. The van der Waals surface area contributed by atoms with E-state index < -0.39 is 0 Å². The summed E-state index contributed by atoms with van der Waals surface area (Å²) in [6, 6.07) is 1.84. The molecule has 0 aromatic carbocycles. The summed E-state index contributed by atoms with van der Waals surface area (Å²) in [7, 11) is 0. The van der Waals surface area contributed by atoms with E-state index in [-0.39, 0.29) is 11.6 Å². The number of unbranched alkanes of at least 4 members (excludes halogenated alkanes) is 1. The molecule has 0 aromatic heterocycles. The highest BCUT2D eigenvalue weighted by Crippen LogP contribution is 1.97. The lowest BCUT2D eigenvalue weighted by Crippen LogP contribution is -2.46. The average Bonchev–Trinajstić information content (AvgIpc) is 1.94. The van der Waals surface area contributed by atoms with Crippen LogP contribution in [0.15, 0.2) is 0 Å². The van der Waals surface area contributed by atoms with Crippen LogP contribution in [0.5, 0.6) is 0 Å². The van der Waals surface area contributed by atoms with E-state index in [2.05, 4.69) is 10.6 Å². The predicted molar refractivity (Wildman–Crippen MR) is 51.1 cm³/mol. The van der Waals surface area contributed by atoms with Gasteiger partial charge in [-0.2, -0.15) is 5.26 Å². The molecule has 0 rings (SSSR count). The zero-order chi connectivity index (χ0) is 10.3. The molecule has 74 valence electrons. The number of nitriles is 1. The first-order chi connectivity index (χ1) is 5.95. The van der Waals surface area contributed by atoms with Gasteiger partial charge in [0.25, 0.3) is 0 Å². The first-order valence-corrected chi connectivity index (χ1v) is 4.38. The number of urea groups is 1. The van der Waals surface area contributed by atoms with Crippen LogP contribution in [0.1, 0.15) is 33.6 Å². The molecule has 2 N–H and O–H groups in total. The van der Waals surface area contributed by atoms with Crippen molar-refractivity contribution in [3.05, 3.63) is 0 Å². The molecule has 0 bridgehead atoms. The van der Waals surface area contributed by atoms with Crippen molar-refractivity contribution in [2.45, 2.75) is 39.2 Å². The number of amides is 2. The zero-order valence-corrected chi connectivity index (χ0v) is 8.48. The van der Waals surface area contributed by atoms with Crippen molar-refractivity contribution >= 4 is 6.03 Å². The molecule has 0 aromatic rings. The van der Waals surface area contributed by atoms with Gasteiger partial charge in [-0.05, 0) is 27.2 Å². The Morgan fingerprint density at radius 2 is 2.08 bits per heavy atom. The van der Waals surface area contributed by atoms with E-state index in [1.807, 2.05) is 26.8 Å². The second-order valence-electron chi connectivity index (χ2n) is 3.89. The molecule has 0 heterocycles. The fraction of sp³-hybridized carbons (Fsp3) is 0.778. The van der Waals surface area contributed by atoms with Gasteiger partial charge in [0.2, 0.25) is 0 Å². The number of nitrogens with zero attached hydrogens (tertiary/aromatic N) is 1. The minimum absolute atomic E-state index is 0.176. The Morgan fingerprint density at radius 1 is 1.46 bits per heavy atom. The summed E-state index contributed by atoms with van der Waals surface area (Å²) in [6.07, 6.45) is 1.18. The Hall–Kier alpha value is -1.24. The zero-order valence-electron chi connectivity index (χ0n) is 8.48. The second kappa shape index (κ2) is 5.41. The van der Waals surface area contributed by atoms with Crippen LogP contribution in [-0.4, -0.2) is 18.1 Å². The number of carbonyl (C=O) groups excluding carboxylic acids is 1. The molecular weight excluding hydrogens is 166 g/mol. The molecule has 0 radical (unpaired) electrons. The highest BCUT2D eigenvalue weighted by atomic mass is 16.2. The van der Waals surface area contributed by atoms with Crippen LogP contribution in [0.2, 0.25) is 0 Å². The van der Waals surface area contributed by atoms with Crippen molar-refractivity contribution in [3.8, 4) is 6.07 Å². The second-order valence-corrected chi connectivity index (χ2v) is 3.89. The van der Waals surface area contributed by atoms with E-state index in [0.29, 0.717) is 19.4 Å². The van der Waals surface area contributed by atoms with E-state index >= 15 is 0 Å². The van der Waals surface area contributed by atoms with Crippen LogP contribution in [0.4, 0.5) is 4.79 Å². The normalized spacial score (nSPS) is 10.3. The maximum Gasteiger partial charge on any atom is 0.315 e. The Labute approximate surface area is 79.3 Å². The van der Waals surface area contributed by atoms with Crippen molar-refractivity contribution in [1.29, 1.82) is 5.26 Å². The van der Waals surface area contributed by atoms with Crippen molar-refractivity contribution in [2.75, 3.05) is 6.54 Å². The topological polar surface area (TPSA) is 64.9 Å². The number of hydrogen-bond donors (Lipinski definition) is 2. The molecule has 0 saturated heterocycles. The number of carbonyl (C=O) groups is 1. The molecule has 0 saturated carbocycles. The van der Waals surface area contributed by atoms with Gasteiger partial charge in [-0.15, -0.1) is 0 Å². The smallest absolute Gasteiger partial charge is 0.315 e. The maximum atomic E-state index is 11.1. The van der Waals surface area contributed by atoms with Gasteiger partial charge >= 0.3 is 6.03 Å². The summed E-state index contributed by atoms with van der Waals surface area (Å²) in [5.41, 5.74) is -0.209. The lowest BCUT2D eigenvalue weighted by atomic mass is 10.1. The molecule has 0 fully saturated rings. The molecule has 0 aliphatic carbocycles. The first kappa shape index (κ1) is 11.8. The fourth-order valence-electron chi connectivity index (χ4n) is 0.754. The van der Waals surface area contributed by atoms with E-state index in [0.717, 1.165) is 0 Å². The van der Waals surface area contributed by atoms with E-state index in [1.165, 1.54) is 0 Å². The Bertz CT molecular complexity index is 200. The van der Waals surface area contributed by atoms with Gasteiger partial charge in [-0.3, -0.25) is 0 Å². The van der Waals surface area contributed by atoms with E-state index in [4.69, 9.17) is 5.26 Å². The van der Waals surface area contributed by atoms with Gasteiger partial charge in [-0.25, -0.2) is 4.79 Å². The van der Waals surface area contributed by atoms with Crippen molar-refractivity contribution in [3.63, 3.8) is 0 Å². The molecule has 0 aliphatic rings. The van der Waals surface area contributed by atoms with Crippen LogP contribution in [-0.2, 0) is 0 Å². The Kier molecular flexibility index (Phi) is 4.90. The molecule has 0 unspecified atom stereocenters. The van der Waals surface area contributed by atoms with E-state index in [1.54, 1.807) is 0 Å². The summed E-state index contributed by atoms with van der Waals surface area (Å²) in [5, 5.41) is 13.7. The summed E-state index contributed by atoms with van der Waals surface area (Å²) in [5.74, 6) is 0. The van der Waals surface area contributed by atoms with Gasteiger partial charge in [-0.1, -0.05) is 0 Å². The van der Waals surface area contributed by atoms with Gasteiger partial charge in [0.15, 0.2) is 0 Å². The Balaban J connectivity index is 3.48. The van der Waals surface area contributed by atoms with Gasteiger partial charge in [0.05, 0.1) is 6.07 Å². The highest BCUT2D eigenvalue weighted by Gasteiger charge is 2.12. The largest absolute Gasteiger partial charge is 0.338 e. The molecule has 0 spiro atoms. The fourth-order valence-corrected chi connectivity index (χ4v) is 0.754. The highest BCUT2D eigenvalue weighted by molar-refractivity contribution is 5.74. The molecular formula is C9H17N3O. The SMILES string of the molecule is CC(C)(C)NC(=O)NCCCC#N. The lowest BCUT2D eigenvalue weighted by Gasteiger charge is -2.20. The number of nitrogens with one attached hydrogen (secondary N) is 2. The third-order valence-electron chi connectivity index (χ3n) is 1.24. The van der Waals surface area contributed by atoms with Crippen molar-refractivity contribution < 1.29 is 4.79 Å². The number of hydrogen-bond acceptors (Lipinski definition) is 2. The molecule has 13 heavy (non-hydrogen) atoms. The van der Waals surface area contributed by atoms with Gasteiger partial charge in [0, 0.05) is 18.5 Å². The standard InChI is InChI=1S/C9H17N3O/c1-9(2,3)12-8(13)11-7-5-4-6-10/h4-5,7H2,1-3H3,(H2,11,12,13). The Morgan fingerprint density at radius 3 is 2.54 bits per heavy atom. The monoisotopic (exact) mass is 183 g/mol. The van der Waals surface area contributed by atoms with Crippen LogP contribution in [0.25, 0.3) is 0 Å². The molecule has 4 nitrogen and oxygen atoms in total. The summed E-state index contributed by atoms with van der Waals surface area (Å²) >= 11 is 0. The summed E-state index contributed by atoms with van der Waals surface area (Å²) in [6.45, 7) is 6.31. The predicted octanol–water partition coefficient (Wildman–Crippen LogP) is 1.39. The quantitative estimate of drug-likeness (QED) is 0.649. The van der Waals surface area contributed by atoms with Crippen LogP contribution >= 0.6 is 0 Å². The number of rotatable bonds is 3. The molecule has 4 heteroatoms. The molecule has 0 aliphatic heterocycles. The van der Waals surface area contributed by atoms with Gasteiger partial charge < -0.3 is 10.6 Å². The van der Waals surface area contributed by atoms with Crippen LogP contribution in [0, 0.1) is 11.3 Å².